The van der Waals surface area contributed by atoms with E-state index in [1.165, 1.54) is 6.92 Å². The Morgan fingerprint density at radius 2 is 1.86 bits per heavy atom. The van der Waals surface area contributed by atoms with Gasteiger partial charge in [0, 0.05) is 0 Å². The Morgan fingerprint density at radius 1 is 1.29 bits per heavy atom. The molecule has 0 bridgehead atoms. The number of nitrogens with two attached hydrogens (primary N) is 3. The highest BCUT2D eigenvalue weighted by Gasteiger charge is 2.33. The molecule has 21 heavy (non-hydrogen) atoms. The lowest BCUT2D eigenvalue weighted by atomic mass is 10.1. The van der Waals surface area contributed by atoms with E-state index in [4.69, 9.17) is 22.3 Å². The number of carbonyl (C=O) groups is 2. The molecule has 0 fully saturated rings. The first-order valence-corrected chi connectivity index (χ1v) is 8.59. The van der Waals surface area contributed by atoms with E-state index >= 15 is 0 Å². The molecule has 10 heteroatoms. The van der Waals surface area contributed by atoms with Gasteiger partial charge in [-0.3, -0.25) is 9.36 Å². The van der Waals surface area contributed by atoms with E-state index in [-0.39, 0.29) is 0 Å². The van der Waals surface area contributed by atoms with Gasteiger partial charge in [0.2, 0.25) is 13.3 Å². The van der Waals surface area contributed by atoms with Crippen molar-refractivity contribution in [2.24, 2.45) is 17.2 Å². The van der Waals surface area contributed by atoms with Gasteiger partial charge in [-0.05, 0) is 26.3 Å². The summed E-state index contributed by atoms with van der Waals surface area (Å²) in [6.45, 7) is 1.79. The average Bonchev–Trinajstić information content (AvgIpc) is 2.37. The van der Waals surface area contributed by atoms with Gasteiger partial charge in [-0.1, -0.05) is 6.42 Å². The smallest absolute Gasteiger partial charge is 0.326 e. The van der Waals surface area contributed by atoms with Crippen molar-refractivity contribution in [2.45, 2.75) is 44.1 Å². The van der Waals surface area contributed by atoms with Gasteiger partial charge in [-0.2, -0.15) is 0 Å². The van der Waals surface area contributed by atoms with E-state index in [9.17, 15) is 19.0 Å². The normalized spacial score (nSPS) is 18.3. The Labute approximate surface area is 123 Å². The molecular weight excluding hydrogens is 299 g/mol. The lowest BCUT2D eigenvalue weighted by molar-refractivity contribution is -0.141. The van der Waals surface area contributed by atoms with E-state index in [2.05, 4.69) is 5.32 Å². The molecule has 0 radical (unpaired) electrons. The van der Waals surface area contributed by atoms with Gasteiger partial charge in [0.15, 0.2) is 0 Å². The predicted molar refractivity (Wildman–Crippen MR) is 78.8 cm³/mol. The summed E-state index contributed by atoms with van der Waals surface area (Å²) in [4.78, 5) is 32.5. The maximum absolute atomic E-state index is 11.8. The van der Waals surface area contributed by atoms with Gasteiger partial charge in [0.1, 0.15) is 6.04 Å². The van der Waals surface area contributed by atoms with Crippen LogP contribution in [0.5, 0.6) is 0 Å². The quantitative estimate of drug-likeness (QED) is 0.209. The summed E-state index contributed by atoms with van der Waals surface area (Å²) in [6, 6.07) is -2.38. The van der Waals surface area contributed by atoms with Crippen molar-refractivity contribution >= 4 is 19.2 Å². The molecule has 4 atom stereocenters. The third kappa shape index (κ3) is 7.54. The molecule has 0 aliphatic rings. The minimum absolute atomic E-state index is 0.361. The third-order valence-corrected chi connectivity index (χ3v) is 5.16. The van der Waals surface area contributed by atoms with E-state index in [1.54, 1.807) is 0 Å². The maximum atomic E-state index is 11.8. The van der Waals surface area contributed by atoms with Crippen molar-refractivity contribution in [1.82, 2.24) is 5.32 Å². The van der Waals surface area contributed by atoms with Crippen LogP contribution in [-0.2, 0) is 14.2 Å². The highest BCUT2D eigenvalue weighted by molar-refractivity contribution is 7.58. The van der Waals surface area contributed by atoms with Crippen LogP contribution in [0, 0.1) is 0 Å². The number of hydrogen-bond acceptors (Lipinski definition) is 6. The summed E-state index contributed by atoms with van der Waals surface area (Å²) in [5.41, 5.74) is 16.3. The van der Waals surface area contributed by atoms with Crippen LogP contribution in [0.2, 0.25) is 0 Å². The standard InChI is InChI=1S/C11H25N4O5P/c1-7(13)21(19,20)6-9(11(17)18)15-10(16)8(14)4-2-3-5-12/h7-9H,2-6,12-14H2,1H3,(H,15,16)(H,17,18)(H,19,20)/t7?,8-,9?/m0/s1. The number of rotatable bonds is 10. The lowest BCUT2D eigenvalue weighted by Crippen LogP contribution is -2.50. The number of carboxylic acids is 1. The van der Waals surface area contributed by atoms with E-state index in [0.29, 0.717) is 25.8 Å². The fraction of sp³-hybridized carbons (Fsp3) is 0.818. The number of nitrogens with one attached hydrogen (secondary N) is 1. The second kappa shape index (κ2) is 9.11. The van der Waals surface area contributed by atoms with Crippen LogP contribution in [0.15, 0.2) is 0 Å². The molecule has 9 nitrogen and oxygen atoms in total. The van der Waals surface area contributed by atoms with Crippen molar-refractivity contribution in [3.05, 3.63) is 0 Å². The van der Waals surface area contributed by atoms with Gasteiger partial charge in [0.05, 0.1) is 18.0 Å². The number of carbonyl (C=O) groups excluding carboxylic acids is 1. The van der Waals surface area contributed by atoms with Crippen LogP contribution in [0.1, 0.15) is 26.2 Å². The lowest BCUT2D eigenvalue weighted by Gasteiger charge is -2.22. The molecule has 9 N–H and O–H groups in total. The fourth-order valence-corrected chi connectivity index (χ4v) is 2.63. The molecule has 0 spiro atoms. The molecule has 0 aromatic heterocycles. The SMILES string of the molecule is CC(N)P(=O)(O)CC(NC(=O)[C@@H](N)CCCCN)C(=O)O. The molecule has 3 unspecified atom stereocenters. The Kier molecular flexibility index (Phi) is 8.68. The predicted octanol–water partition coefficient (Wildman–Crippen LogP) is -1.41. The monoisotopic (exact) mass is 324 g/mol. The third-order valence-electron chi connectivity index (χ3n) is 3.00. The van der Waals surface area contributed by atoms with Gasteiger partial charge in [-0.25, -0.2) is 4.79 Å². The molecule has 0 heterocycles. The second-order valence-corrected chi connectivity index (χ2v) is 7.66. The van der Waals surface area contributed by atoms with Crippen LogP contribution in [0.3, 0.4) is 0 Å². The van der Waals surface area contributed by atoms with Gasteiger partial charge in [-0.15, -0.1) is 0 Å². The number of amides is 1. The maximum Gasteiger partial charge on any atom is 0.326 e. The summed E-state index contributed by atoms with van der Waals surface area (Å²) in [5, 5.41) is 11.2. The minimum atomic E-state index is -3.86. The Morgan fingerprint density at radius 3 is 2.29 bits per heavy atom. The average molecular weight is 324 g/mol. The van der Waals surface area contributed by atoms with Crippen molar-refractivity contribution in [2.75, 3.05) is 12.7 Å². The second-order valence-electron chi connectivity index (χ2n) is 4.97. The van der Waals surface area contributed by atoms with Gasteiger partial charge >= 0.3 is 5.97 Å². The molecule has 124 valence electrons. The van der Waals surface area contributed by atoms with Crippen molar-refractivity contribution in [3.8, 4) is 0 Å². The Balaban J connectivity index is 4.61. The number of unbranched alkanes of at least 4 members (excludes halogenated alkanes) is 1. The first-order chi connectivity index (χ1) is 9.61. The van der Waals surface area contributed by atoms with Crippen molar-refractivity contribution < 1.29 is 24.2 Å². The van der Waals surface area contributed by atoms with E-state index in [1.807, 2.05) is 0 Å². The van der Waals surface area contributed by atoms with E-state index in [0.717, 1.165) is 0 Å². The molecule has 0 rings (SSSR count). The minimum Gasteiger partial charge on any atom is -0.480 e. The summed E-state index contributed by atoms with van der Waals surface area (Å²) in [5.74, 6) is -3.16. The topological polar surface area (TPSA) is 182 Å². The molecule has 0 saturated heterocycles. The molecule has 0 aromatic carbocycles. The molecule has 0 aromatic rings. The zero-order valence-electron chi connectivity index (χ0n) is 12.1. The van der Waals surface area contributed by atoms with Crippen LogP contribution < -0.4 is 22.5 Å². The molecule has 0 aliphatic carbocycles. The number of carboxylic acid groups (broad SMARTS) is 1. The van der Waals surface area contributed by atoms with Crippen LogP contribution in [0.25, 0.3) is 0 Å². The zero-order valence-corrected chi connectivity index (χ0v) is 13.0. The number of aliphatic carboxylic acids is 1. The Hall–Kier alpha value is -0.990. The summed E-state index contributed by atoms with van der Waals surface area (Å²) >= 11 is 0. The molecule has 0 aliphatic heterocycles. The summed E-state index contributed by atoms with van der Waals surface area (Å²) < 4.78 is 11.8. The summed E-state index contributed by atoms with van der Waals surface area (Å²) in [7, 11) is -3.86. The van der Waals surface area contributed by atoms with Crippen molar-refractivity contribution in [1.29, 1.82) is 0 Å². The van der Waals surface area contributed by atoms with Gasteiger partial charge < -0.3 is 32.5 Å². The van der Waals surface area contributed by atoms with Gasteiger partial charge in [0.25, 0.3) is 0 Å². The highest BCUT2D eigenvalue weighted by atomic mass is 31.2. The van der Waals surface area contributed by atoms with Crippen LogP contribution in [-0.4, -0.2) is 52.4 Å². The Bertz CT molecular complexity index is 404. The van der Waals surface area contributed by atoms with Crippen LogP contribution in [0.4, 0.5) is 0 Å². The highest BCUT2D eigenvalue weighted by Crippen LogP contribution is 2.44. The van der Waals surface area contributed by atoms with E-state index < -0.39 is 43.3 Å². The zero-order chi connectivity index (χ0) is 16.6. The molecule has 0 saturated carbocycles. The molecule has 1 amide bonds. The fourth-order valence-electron chi connectivity index (χ4n) is 1.53. The largest absolute Gasteiger partial charge is 0.480 e. The van der Waals surface area contributed by atoms with Crippen LogP contribution >= 0.6 is 7.37 Å². The number of hydrogen-bond donors (Lipinski definition) is 6. The first-order valence-electron chi connectivity index (χ1n) is 6.67. The molecular formula is C11H25N4O5P. The first kappa shape index (κ1) is 20.0. The van der Waals surface area contributed by atoms with Crippen molar-refractivity contribution in [3.63, 3.8) is 0 Å². The summed E-state index contributed by atoms with van der Waals surface area (Å²) in [6.07, 6.45) is 1.07.